The molecule has 5 nitrogen and oxygen atoms in total. The molecule has 0 aromatic carbocycles. The Bertz CT molecular complexity index is 408. The van der Waals surface area contributed by atoms with Crippen LogP contribution < -0.4 is 0 Å². The van der Waals surface area contributed by atoms with Crippen molar-refractivity contribution in [3.05, 3.63) is 23.0 Å². The summed E-state index contributed by atoms with van der Waals surface area (Å²) in [6.07, 6.45) is 2.78. The van der Waals surface area contributed by atoms with E-state index in [1.54, 1.807) is 17.0 Å². The van der Waals surface area contributed by atoms with E-state index < -0.39 is 0 Å². The molecule has 1 atom stereocenters. The second-order valence-electron chi connectivity index (χ2n) is 4.51. The van der Waals surface area contributed by atoms with Gasteiger partial charge in [-0.3, -0.25) is 4.79 Å². The third kappa shape index (κ3) is 3.17. The van der Waals surface area contributed by atoms with Crippen LogP contribution in [0.25, 0.3) is 0 Å². The van der Waals surface area contributed by atoms with Crippen molar-refractivity contribution in [3.8, 4) is 0 Å². The zero-order valence-electron chi connectivity index (χ0n) is 10.0. The standard InChI is InChI=1S/C12H16ClN3O2/c13-11-4-3-10(14-15-11)12(18)16-6-1-2-9(8-16)5-7-17/h3-4,9,17H,1-2,5-8H2. The van der Waals surface area contributed by atoms with Gasteiger partial charge < -0.3 is 10.0 Å². The second-order valence-corrected chi connectivity index (χ2v) is 4.90. The van der Waals surface area contributed by atoms with Gasteiger partial charge in [0.1, 0.15) is 0 Å². The molecular weight excluding hydrogens is 254 g/mol. The fourth-order valence-electron chi connectivity index (χ4n) is 2.26. The van der Waals surface area contributed by atoms with E-state index in [4.69, 9.17) is 16.7 Å². The predicted octanol–water partition coefficient (Wildman–Crippen LogP) is 1.36. The number of aromatic nitrogens is 2. The maximum Gasteiger partial charge on any atom is 0.274 e. The summed E-state index contributed by atoms with van der Waals surface area (Å²) in [7, 11) is 0. The third-order valence-electron chi connectivity index (χ3n) is 3.19. The average molecular weight is 270 g/mol. The molecule has 0 bridgehead atoms. The van der Waals surface area contributed by atoms with Crippen molar-refractivity contribution in [2.75, 3.05) is 19.7 Å². The summed E-state index contributed by atoms with van der Waals surface area (Å²) >= 11 is 5.64. The normalized spacial score (nSPS) is 19.9. The monoisotopic (exact) mass is 269 g/mol. The van der Waals surface area contributed by atoms with E-state index in [1.165, 1.54) is 0 Å². The van der Waals surface area contributed by atoms with E-state index in [-0.39, 0.29) is 17.7 Å². The number of rotatable bonds is 3. The number of nitrogens with zero attached hydrogens (tertiary/aromatic N) is 3. The van der Waals surface area contributed by atoms with Crippen LogP contribution in [0.1, 0.15) is 29.8 Å². The van der Waals surface area contributed by atoms with Crippen molar-refractivity contribution in [1.29, 1.82) is 0 Å². The van der Waals surface area contributed by atoms with Crippen molar-refractivity contribution >= 4 is 17.5 Å². The van der Waals surface area contributed by atoms with Gasteiger partial charge in [0.05, 0.1) is 0 Å². The summed E-state index contributed by atoms with van der Waals surface area (Å²) in [4.78, 5) is 14.0. The van der Waals surface area contributed by atoms with Gasteiger partial charge in [-0.15, -0.1) is 10.2 Å². The molecule has 6 heteroatoms. The Labute approximate surface area is 111 Å². The van der Waals surface area contributed by atoms with Gasteiger partial charge in [-0.05, 0) is 37.3 Å². The smallest absolute Gasteiger partial charge is 0.274 e. The Hall–Kier alpha value is -1.20. The van der Waals surface area contributed by atoms with Crippen molar-refractivity contribution in [3.63, 3.8) is 0 Å². The molecule has 0 radical (unpaired) electrons. The molecule has 2 heterocycles. The molecular formula is C12H16ClN3O2. The minimum Gasteiger partial charge on any atom is -0.396 e. The highest BCUT2D eigenvalue weighted by atomic mass is 35.5. The molecule has 1 N–H and O–H groups in total. The maximum absolute atomic E-state index is 12.2. The van der Waals surface area contributed by atoms with Crippen molar-refractivity contribution in [1.82, 2.24) is 15.1 Å². The van der Waals surface area contributed by atoms with Gasteiger partial charge in [0.25, 0.3) is 5.91 Å². The summed E-state index contributed by atoms with van der Waals surface area (Å²) in [5.74, 6) is 0.273. The van der Waals surface area contributed by atoms with Crippen molar-refractivity contribution < 1.29 is 9.90 Å². The number of likely N-dealkylation sites (tertiary alicyclic amines) is 1. The largest absolute Gasteiger partial charge is 0.396 e. The Kier molecular flexibility index (Phi) is 4.49. The van der Waals surface area contributed by atoms with Crippen LogP contribution in [0.2, 0.25) is 5.15 Å². The molecule has 1 aromatic heterocycles. The molecule has 0 aliphatic carbocycles. The van der Waals surface area contributed by atoms with E-state index in [0.717, 1.165) is 25.8 Å². The number of hydrogen-bond donors (Lipinski definition) is 1. The Morgan fingerprint density at radius 3 is 3.00 bits per heavy atom. The minimum atomic E-state index is -0.109. The van der Waals surface area contributed by atoms with E-state index in [9.17, 15) is 4.79 Å². The molecule has 1 saturated heterocycles. The Balaban J connectivity index is 2.02. The number of piperidine rings is 1. The van der Waals surface area contributed by atoms with Crippen LogP contribution in [0.3, 0.4) is 0 Å². The highest BCUT2D eigenvalue weighted by Gasteiger charge is 2.24. The van der Waals surface area contributed by atoms with Crippen LogP contribution in [-0.4, -0.2) is 45.8 Å². The van der Waals surface area contributed by atoms with Crippen LogP contribution in [0.15, 0.2) is 12.1 Å². The number of aliphatic hydroxyl groups is 1. The number of hydrogen-bond acceptors (Lipinski definition) is 4. The highest BCUT2D eigenvalue weighted by Crippen LogP contribution is 2.20. The predicted molar refractivity (Wildman–Crippen MR) is 67.4 cm³/mol. The molecule has 1 fully saturated rings. The molecule has 98 valence electrons. The lowest BCUT2D eigenvalue weighted by Gasteiger charge is -2.32. The number of amides is 1. The van der Waals surface area contributed by atoms with Gasteiger partial charge in [-0.1, -0.05) is 11.6 Å². The number of aliphatic hydroxyl groups excluding tert-OH is 1. The van der Waals surface area contributed by atoms with Crippen LogP contribution in [-0.2, 0) is 0 Å². The number of carbonyl (C=O) groups is 1. The number of halogens is 1. The molecule has 2 rings (SSSR count). The molecule has 0 saturated carbocycles. The fraction of sp³-hybridized carbons (Fsp3) is 0.583. The molecule has 1 amide bonds. The Morgan fingerprint density at radius 1 is 1.50 bits per heavy atom. The summed E-state index contributed by atoms with van der Waals surface area (Å²) in [5.41, 5.74) is 0.323. The highest BCUT2D eigenvalue weighted by molar-refractivity contribution is 6.29. The van der Waals surface area contributed by atoms with Crippen LogP contribution >= 0.6 is 11.6 Å². The lowest BCUT2D eigenvalue weighted by molar-refractivity contribution is 0.0646. The van der Waals surface area contributed by atoms with Crippen LogP contribution in [0, 0.1) is 5.92 Å². The lowest BCUT2D eigenvalue weighted by Crippen LogP contribution is -2.40. The van der Waals surface area contributed by atoms with Gasteiger partial charge in [-0.25, -0.2) is 0 Å². The zero-order valence-corrected chi connectivity index (χ0v) is 10.8. The van der Waals surface area contributed by atoms with Crippen molar-refractivity contribution in [2.24, 2.45) is 5.92 Å². The third-order valence-corrected chi connectivity index (χ3v) is 3.40. The molecule has 1 aliphatic heterocycles. The fourth-order valence-corrected chi connectivity index (χ4v) is 2.36. The van der Waals surface area contributed by atoms with Gasteiger partial charge in [-0.2, -0.15) is 0 Å². The average Bonchev–Trinajstić information content (AvgIpc) is 2.39. The quantitative estimate of drug-likeness (QED) is 0.900. The molecule has 1 unspecified atom stereocenters. The first-order chi connectivity index (χ1) is 8.70. The summed E-state index contributed by atoms with van der Waals surface area (Å²) in [5, 5.41) is 16.7. The maximum atomic E-state index is 12.2. The van der Waals surface area contributed by atoms with E-state index in [0.29, 0.717) is 18.2 Å². The van der Waals surface area contributed by atoms with Gasteiger partial charge in [0, 0.05) is 19.7 Å². The molecule has 1 aromatic rings. The molecule has 0 spiro atoms. The van der Waals surface area contributed by atoms with Crippen LogP contribution in [0.5, 0.6) is 0 Å². The van der Waals surface area contributed by atoms with Gasteiger partial charge in [0.15, 0.2) is 10.8 Å². The van der Waals surface area contributed by atoms with Crippen LogP contribution in [0.4, 0.5) is 0 Å². The first kappa shape index (κ1) is 13.2. The second kappa shape index (κ2) is 6.11. The molecule has 18 heavy (non-hydrogen) atoms. The first-order valence-corrected chi connectivity index (χ1v) is 6.48. The minimum absolute atomic E-state index is 0.109. The lowest BCUT2D eigenvalue weighted by atomic mass is 9.95. The first-order valence-electron chi connectivity index (χ1n) is 6.10. The van der Waals surface area contributed by atoms with Gasteiger partial charge >= 0.3 is 0 Å². The van der Waals surface area contributed by atoms with E-state index in [1.807, 2.05) is 0 Å². The number of carbonyl (C=O) groups excluding carboxylic acids is 1. The summed E-state index contributed by atoms with van der Waals surface area (Å²) in [6, 6.07) is 3.16. The topological polar surface area (TPSA) is 66.3 Å². The SMILES string of the molecule is O=C(c1ccc(Cl)nn1)N1CCCC(CCO)C1. The van der Waals surface area contributed by atoms with Crippen molar-refractivity contribution in [2.45, 2.75) is 19.3 Å². The van der Waals surface area contributed by atoms with Gasteiger partial charge in [0.2, 0.25) is 0 Å². The summed E-state index contributed by atoms with van der Waals surface area (Å²) < 4.78 is 0. The zero-order chi connectivity index (χ0) is 13.0. The Morgan fingerprint density at radius 2 is 2.33 bits per heavy atom. The summed E-state index contributed by atoms with van der Waals surface area (Å²) in [6.45, 7) is 1.60. The van der Waals surface area contributed by atoms with E-state index in [2.05, 4.69) is 10.2 Å². The molecule has 1 aliphatic rings. The van der Waals surface area contributed by atoms with E-state index >= 15 is 0 Å².